The summed E-state index contributed by atoms with van der Waals surface area (Å²) >= 11 is 0. The highest BCUT2D eigenvalue weighted by Gasteiger charge is 2.19. The number of nitro groups is 1. The lowest BCUT2D eigenvalue weighted by molar-refractivity contribution is -0.525. The average molecular weight is 426 g/mol. The Morgan fingerprint density at radius 3 is 2.53 bits per heavy atom. The zero-order valence-electron chi connectivity index (χ0n) is 18.3. The van der Waals surface area contributed by atoms with Crippen LogP contribution < -0.4 is 21.4 Å². The van der Waals surface area contributed by atoms with E-state index in [1.54, 1.807) is 12.0 Å². The molecule has 1 atom stereocenters. The number of hydrogen-bond donors (Lipinski definition) is 5. The first-order chi connectivity index (χ1) is 14.3. The second-order valence-electron chi connectivity index (χ2n) is 7.47. The van der Waals surface area contributed by atoms with Crippen LogP contribution in [0.5, 0.6) is 0 Å². The van der Waals surface area contributed by atoms with Gasteiger partial charge in [0.05, 0.1) is 0 Å². The molecule has 0 bridgehead atoms. The van der Waals surface area contributed by atoms with Gasteiger partial charge in [-0.05, 0) is 44.1 Å². The van der Waals surface area contributed by atoms with Crippen molar-refractivity contribution in [3.63, 3.8) is 0 Å². The molecule has 0 spiro atoms. The van der Waals surface area contributed by atoms with Crippen molar-refractivity contribution in [2.24, 2.45) is 5.92 Å². The van der Waals surface area contributed by atoms with Crippen molar-refractivity contribution in [2.45, 2.75) is 78.2 Å². The Kier molecular flexibility index (Phi) is 15.7. The van der Waals surface area contributed by atoms with Crippen LogP contribution in [-0.4, -0.2) is 35.4 Å². The molecule has 0 aliphatic rings. The lowest BCUT2D eigenvalue weighted by atomic mass is 10.1. The van der Waals surface area contributed by atoms with Gasteiger partial charge in [0, 0.05) is 13.1 Å². The van der Waals surface area contributed by atoms with Crippen molar-refractivity contribution in [1.29, 1.82) is 5.41 Å². The molecule has 10 heteroatoms. The molecular weight excluding hydrogens is 388 g/mol. The zero-order chi connectivity index (χ0) is 22.8. The van der Waals surface area contributed by atoms with Gasteiger partial charge in [0.1, 0.15) is 6.04 Å². The van der Waals surface area contributed by atoms with Gasteiger partial charge in [-0.2, -0.15) is 0 Å². The number of unbranched alkanes of at least 4 members (excludes halogenated alkanes) is 4. The van der Waals surface area contributed by atoms with Crippen molar-refractivity contribution in [1.82, 2.24) is 21.4 Å². The maximum atomic E-state index is 12.4. The minimum Gasteiger partial charge on any atom is -0.352 e. The van der Waals surface area contributed by atoms with Gasteiger partial charge in [-0.15, -0.1) is 0 Å². The summed E-state index contributed by atoms with van der Waals surface area (Å²) in [5.41, 5.74) is 1.70. The summed E-state index contributed by atoms with van der Waals surface area (Å²) in [7, 11) is 0. The molecule has 0 fully saturated rings. The predicted octanol–water partition coefficient (Wildman–Crippen LogP) is 2.41. The first kappa shape index (κ1) is 27.4. The Hall–Kier alpha value is -2.65. The molecule has 30 heavy (non-hydrogen) atoms. The summed E-state index contributed by atoms with van der Waals surface area (Å²) < 4.78 is 0. The molecule has 0 unspecified atom stereocenters. The van der Waals surface area contributed by atoms with Gasteiger partial charge in [0.15, 0.2) is 5.03 Å². The molecule has 2 amide bonds. The SMILES string of the molecule is CCCCCCC=CC(=O)N[C@@H](CCCNC(=N)N[N+](=O)[O-])C(=O)N[CH]CC(C)C. The second-order valence-corrected chi connectivity index (χ2v) is 7.47. The Bertz CT molecular complexity index is 565. The Morgan fingerprint density at radius 2 is 1.90 bits per heavy atom. The molecular formula is C20H37N6O4. The van der Waals surface area contributed by atoms with Crippen LogP contribution in [-0.2, 0) is 9.59 Å². The number of rotatable bonds is 16. The maximum Gasteiger partial charge on any atom is 0.251 e. The molecule has 0 aromatic rings. The summed E-state index contributed by atoms with van der Waals surface area (Å²) in [4.78, 5) is 34.9. The van der Waals surface area contributed by atoms with Crippen molar-refractivity contribution >= 4 is 17.8 Å². The topological polar surface area (TPSA) is 149 Å². The Labute approximate surface area is 179 Å². The summed E-state index contributed by atoms with van der Waals surface area (Å²) in [6, 6.07) is -0.731. The minimum absolute atomic E-state index is 0.252. The number of carbonyl (C=O) groups excluding carboxylic acids is 2. The Balaban J connectivity index is 4.53. The van der Waals surface area contributed by atoms with Crippen molar-refractivity contribution in [3.05, 3.63) is 28.8 Å². The van der Waals surface area contributed by atoms with Crippen LogP contribution in [0.15, 0.2) is 12.2 Å². The summed E-state index contributed by atoms with van der Waals surface area (Å²) in [5, 5.41) is 24.8. The van der Waals surface area contributed by atoms with Crippen molar-refractivity contribution in [3.8, 4) is 0 Å². The highest BCUT2D eigenvalue weighted by molar-refractivity contribution is 5.93. The van der Waals surface area contributed by atoms with Crippen molar-refractivity contribution < 1.29 is 14.6 Å². The van der Waals surface area contributed by atoms with Gasteiger partial charge in [-0.25, -0.2) is 10.1 Å². The summed E-state index contributed by atoms with van der Waals surface area (Å²) in [5.74, 6) is -0.663. The van der Waals surface area contributed by atoms with E-state index in [0.29, 0.717) is 18.8 Å². The number of carbonyl (C=O) groups is 2. The fourth-order valence-corrected chi connectivity index (χ4v) is 2.51. The van der Waals surface area contributed by atoms with E-state index in [1.165, 1.54) is 12.5 Å². The number of guanidine groups is 1. The highest BCUT2D eigenvalue weighted by Crippen LogP contribution is 2.04. The van der Waals surface area contributed by atoms with Gasteiger partial charge in [-0.1, -0.05) is 51.5 Å². The van der Waals surface area contributed by atoms with E-state index >= 15 is 0 Å². The number of nitrogens with one attached hydrogen (secondary N) is 5. The normalized spacial score (nSPS) is 11.9. The molecule has 0 aliphatic carbocycles. The molecule has 1 radical (unpaired) electrons. The molecule has 0 saturated heterocycles. The van der Waals surface area contributed by atoms with E-state index in [4.69, 9.17) is 5.41 Å². The van der Waals surface area contributed by atoms with E-state index in [2.05, 4.69) is 22.9 Å². The van der Waals surface area contributed by atoms with E-state index < -0.39 is 17.0 Å². The molecule has 171 valence electrons. The molecule has 10 nitrogen and oxygen atoms in total. The first-order valence-electron chi connectivity index (χ1n) is 10.6. The highest BCUT2D eigenvalue weighted by atomic mass is 16.7. The Morgan fingerprint density at radius 1 is 1.17 bits per heavy atom. The van der Waals surface area contributed by atoms with Crippen LogP contribution in [0.1, 0.15) is 72.1 Å². The summed E-state index contributed by atoms with van der Waals surface area (Å²) in [6.07, 6.45) is 10.1. The lowest BCUT2D eigenvalue weighted by Crippen LogP contribution is -2.46. The second kappa shape index (κ2) is 17.2. The number of nitrogens with zero attached hydrogens (tertiary/aromatic N) is 1. The van der Waals surface area contributed by atoms with E-state index in [9.17, 15) is 19.7 Å². The third-order valence-electron chi connectivity index (χ3n) is 4.13. The number of amides is 2. The van der Waals surface area contributed by atoms with Crippen LogP contribution in [0.4, 0.5) is 0 Å². The van der Waals surface area contributed by atoms with E-state index in [0.717, 1.165) is 32.1 Å². The molecule has 5 N–H and O–H groups in total. The van der Waals surface area contributed by atoms with Gasteiger partial charge in [0.2, 0.25) is 11.8 Å². The van der Waals surface area contributed by atoms with Gasteiger partial charge < -0.3 is 16.0 Å². The molecule has 0 rings (SSSR count). The quantitative estimate of drug-likeness (QED) is 0.0640. The third-order valence-corrected chi connectivity index (χ3v) is 4.13. The average Bonchev–Trinajstić information content (AvgIpc) is 2.66. The molecule has 0 aromatic carbocycles. The number of allylic oxidation sites excluding steroid dienone is 1. The third kappa shape index (κ3) is 16.3. The molecule has 0 saturated carbocycles. The standard InChI is InChI=1S/C20H37N6O4/c1-4-5-6-7-8-9-12-18(27)24-17(19(28)22-15-13-16(2)3)11-10-14-23-20(21)25-26(29)30/h9,12,15-17H,4-8,10-11,13-14H2,1-3H3,(H,22,28)(H,24,27)(H3,21,23,25)/t17-/m0/s1. The van der Waals surface area contributed by atoms with E-state index in [1.807, 2.05) is 19.9 Å². The van der Waals surface area contributed by atoms with Crippen LogP contribution in [0.25, 0.3) is 0 Å². The van der Waals surface area contributed by atoms with Crippen LogP contribution in [0.2, 0.25) is 0 Å². The molecule has 0 heterocycles. The summed E-state index contributed by atoms with van der Waals surface area (Å²) in [6.45, 7) is 8.15. The smallest absolute Gasteiger partial charge is 0.251 e. The minimum atomic E-state index is -0.828. The zero-order valence-corrected chi connectivity index (χ0v) is 18.3. The van der Waals surface area contributed by atoms with Crippen LogP contribution >= 0.6 is 0 Å². The molecule has 0 aromatic heterocycles. The van der Waals surface area contributed by atoms with Gasteiger partial charge in [0.25, 0.3) is 5.96 Å². The maximum absolute atomic E-state index is 12.4. The van der Waals surface area contributed by atoms with Crippen LogP contribution in [0.3, 0.4) is 0 Å². The fourth-order valence-electron chi connectivity index (χ4n) is 2.51. The van der Waals surface area contributed by atoms with E-state index in [-0.39, 0.29) is 18.4 Å². The van der Waals surface area contributed by atoms with Crippen molar-refractivity contribution in [2.75, 3.05) is 6.54 Å². The van der Waals surface area contributed by atoms with Gasteiger partial charge >= 0.3 is 0 Å². The largest absolute Gasteiger partial charge is 0.352 e. The fraction of sp³-hybridized carbons (Fsp3) is 0.700. The number of hydrazine groups is 1. The first-order valence-corrected chi connectivity index (χ1v) is 10.6. The predicted molar refractivity (Wildman–Crippen MR) is 117 cm³/mol. The van der Waals surface area contributed by atoms with Gasteiger partial charge in [-0.3, -0.25) is 15.0 Å². The van der Waals surface area contributed by atoms with Crippen LogP contribution in [0, 0.1) is 28.0 Å². The number of hydrogen-bond acceptors (Lipinski definition) is 5. The molecule has 0 aliphatic heterocycles. The monoisotopic (exact) mass is 425 g/mol. The lowest BCUT2D eigenvalue weighted by Gasteiger charge is -2.18.